The van der Waals surface area contributed by atoms with Crippen molar-refractivity contribution in [1.29, 1.82) is 0 Å². The van der Waals surface area contributed by atoms with Crippen molar-refractivity contribution in [1.82, 2.24) is 15.0 Å². The second-order valence-electron chi connectivity index (χ2n) is 7.07. The van der Waals surface area contributed by atoms with E-state index in [1.54, 1.807) is 54.7 Å². The van der Waals surface area contributed by atoms with Crippen molar-refractivity contribution in [3.63, 3.8) is 0 Å². The van der Waals surface area contributed by atoms with Crippen LogP contribution in [-0.4, -0.2) is 32.8 Å². The SMILES string of the molecule is CC.CC.CSc1nccc(C(Br)C(=O)c2ccccc2)n1.O=C(c1ccccc1)C(Br)c1ccnc(F)c1.[V]. The summed E-state index contributed by atoms with van der Waals surface area (Å²) >= 11 is 8.13. The van der Waals surface area contributed by atoms with Crippen LogP contribution in [0.15, 0.2) is 96.4 Å². The third-order valence-electron chi connectivity index (χ3n) is 4.72. The van der Waals surface area contributed by atoms with E-state index in [0.717, 1.165) is 0 Å². The fraction of sp³-hybridized carbons (Fsp3) is 0.233. The van der Waals surface area contributed by atoms with Crippen LogP contribution in [0.4, 0.5) is 4.39 Å². The van der Waals surface area contributed by atoms with Gasteiger partial charge in [0.15, 0.2) is 16.7 Å². The van der Waals surface area contributed by atoms with Crippen LogP contribution in [0.2, 0.25) is 0 Å². The Morgan fingerprint density at radius 3 is 1.70 bits per heavy atom. The van der Waals surface area contributed by atoms with Crippen LogP contribution in [0.25, 0.3) is 0 Å². The Morgan fingerprint density at radius 1 is 0.750 bits per heavy atom. The number of carbonyl (C=O) groups is 2. The number of nitrogens with zero attached hydrogens (tertiary/aromatic N) is 3. The third kappa shape index (κ3) is 12.1. The minimum atomic E-state index is -0.590. The first-order valence-corrected chi connectivity index (χ1v) is 15.4. The van der Waals surface area contributed by atoms with Gasteiger partial charge in [-0.2, -0.15) is 4.39 Å². The molecule has 0 saturated heterocycles. The first kappa shape index (κ1) is 37.8. The Bertz CT molecular complexity index is 1290. The molecule has 0 fully saturated rings. The van der Waals surface area contributed by atoms with Crippen LogP contribution >= 0.6 is 43.6 Å². The topological polar surface area (TPSA) is 72.8 Å². The van der Waals surface area contributed by atoms with E-state index < -0.39 is 15.6 Å². The molecule has 2 aromatic carbocycles. The maximum Gasteiger partial charge on any atom is 0.213 e. The van der Waals surface area contributed by atoms with E-state index in [0.29, 0.717) is 27.5 Å². The monoisotopic (exact) mass is 726 g/mol. The van der Waals surface area contributed by atoms with Crippen molar-refractivity contribution in [3.05, 3.63) is 120 Å². The summed E-state index contributed by atoms with van der Waals surface area (Å²) in [4.78, 5) is 35.2. The number of alkyl halides is 2. The van der Waals surface area contributed by atoms with Gasteiger partial charge in [0, 0.05) is 42.1 Å². The largest absolute Gasteiger partial charge is 0.293 e. The first-order chi connectivity index (χ1) is 18.9. The number of hydrogen-bond donors (Lipinski definition) is 0. The Kier molecular flexibility index (Phi) is 20.4. The molecule has 0 aliphatic rings. The maximum atomic E-state index is 13.0. The molecule has 40 heavy (non-hydrogen) atoms. The van der Waals surface area contributed by atoms with Gasteiger partial charge in [0.25, 0.3) is 0 Å². The van der Waals surface area contributed by atoms with Gasteiger partial charge in [0.2, 0.25) is 5.95 Å². The number of rotatable bonds is 7. The van der Waals surface area contributed by atoms with Crippen molar-refractivity contribution in [3.8, 4) is 0 Å². The molecule has 0 amide bonds. The molecule has 0 saturated carbocycles. The number of Topliss-reactive ketones (excluding diaryl/α,β-unsaturated/α-hetero) is 2. The fourth-order valence-electron chi connectivity index (χ4n) is 2.95. The minimum absolute atomic E-state index is 0. The van der Waals surface area contributed by atoms with Crippen molar-refractivity contribution in [2.24, 2.45) is 0 Å². The predicted molar refractivity (Wildman–Crippen MR) is 166 cm³/mol. The number of halogens is 3. The van der Waals surface area contributed by atoms with Crippen LogP contribution in [0, 0.1) is 5.95 Å². The summed E-state index contributed by atoms with van der Waals surface area (Å²) in [6.07, 6.45) is 4.92. The molecule has 0 aliphatic heterocycles. The Balaban J connectivity index is 0.000000663. The maximum absolute atomic E-state index is 13.0. The van der Waals surface area contributed by atoms with Gasteiger partial charge < -0.3 is 0 Å². The van der Waals surface area contributed by atoms with Crippen LogP contribution in [-0.2, 0) is 18.6 Å². The number of benzene rings is 2. The summed E-state index contributed by atoms with van der Waals surface area (Å²) < 4.78 is 13.0. The molecule has 0 N–H and O–H groups in total. The second-order valence-corrected chi connectivity index (χ2v) is 9.67. The molecule has 211 valence electrons. The molecule has 0 bridgehead atoms. The molecular weight excluding hydrogens is 696 g/mol. The van der Waals surface area contributed by atoms with Crippen molar-refractivity contribution in [2.75, 3.05) is 6.26 Å². The second kappa shape index (κ2) is 21.6. The van der Waals surface area contributed by atoms with Gasteiger partial charge in [-0.15, -0.1) is 0 Å². The van der Waals surface area contributed by atoms with Gasteiger partial charge in [0.1, 0.15) is 9.65 Å². The van der Waals surface area contributed by atoms with Gasteiger partial charge in [-0.1, -0.05) is 132 Å². The zero-order valence-corrected chi connectivity index (χ0v) is 28.3. The van der Waals surface area contributed by atoms with Crippen LogP contribution in [0.3, 0.4) is 0 Å². The number of thioether (sulfide) groups is 1. The zero-order valence-electron chi connectivity index (χ0n) is 23.0. The zero-order chi connectivity index (χ0) is 29.2. The van der Waals surface area contributed by atoms with E-state index in [-0.39, 0.29) is 30.1 Å². The standard InChI is InChI=1S/C13H9BrFNO.C13H11BrN2OS.2C2H6.V/c14-12(10-6-7-16-11(15)8-10)13(17)9-4-2-1-3-5-9;1-18-13-15-8-7-10(16-13)11(14)12(17)9-5-3-2-4-6-9;2*1-2;/h1-8,12H;2-8,11H,1H3;2*1-2H3;. The number of pyridine rings is 1. The minimum Gasteiger partial charge on any atom is -0.293 e. The molecule has 0 spiro atoms. The van der Waals surface area contributed by atoms with Crippen LogP contribution in [0.1, 0.15) is 69.3 Å². The van der Waals surface area contributed by atoms with Gasteiger partial charge in [-0.25, -0.2) is 15.0 Å². The predicted octanol–water partition coefficient (Wildman–Crippen LogP) is 9.11. The summed E-state index contributed by atoms with van der Waals surface area (Å²) in [5, 5.41) is 0.665. The fourth-order valence-corrected chi connectivity index (χ4v) is 4.38. The first-order valence-electron chi connectivity index (χ1n) is 12.4. The molecule has 4 aromatic rings. The van der Waals surface area contributed by atoms with Crippen molar-refractivity contribution in [2.45, 2.75) is 42.5 Å². The summed E-state index contributed by atoms with van der Waals surface area (Å²) in [5.74, 6) is -0.689. The van der Waals surface area contributed by atoms with Gasteiger partial charge in [0.05, 0.1) is 5.69 Å². The third-order valence-corrected chi connectivity index (χ3v) is 7.11. The Morgan fingerprint density at radius 2 is 1.23 bits per heavy atom. The van der Waals surface area contributed by atoms with E-state index in [1.807, 2.05) is 58.2 Å². The molecule has 2 atom stereocenters. The summed E-state index contributed by atoms with van der Waals surface area (Å²) in [6, 6.07) is 22.7. The van der Waals surface area contributed by atoms with E-state index in [4.69, 9.17) is 0 Å². The normalized spacial score (nSPS) is 10.9. The molecule has 2 aromatic heterocycles. The molecule has 0 aliphatic carbocycles. The van der Waals surface area contributed by atoms with Crippen LogP contribution < -0.4 is 0 Å². The van der Waals surface area contributed by atoms with Gasteiger partial charge in [-0.3, -0.25) is 9.59 Å². The van der Waals surface area contributed by atoms with E-state index in [9.17, 15) is 14.0 Å². The van der Waals surface area contributed by atoms with E-state index >= 15 is 0 Å². The smallest absolute Gasteiger partial charge is 0.213 e. The number of hydrogen-bond acceptors (Lipinski definition) is 6. The average Bonchev–Trinajstić information content (AvgIpc) is 3.02. The van der Waals surface area contributed by atoms with Crippen molar-refractivity contribution < 1.29 is 32.5 Å². The van der Waals surface area contributed by atoms with Gasteiger partial charge >= 0.3 is 0 Å². The van der Waals surface area contributed by atoms with Crippen LogP contribution in [0.5, 0.6) is 0 Å². The molecule has 5 nitrogen and oxygen atoms in total. The summed E-state index contributed by atoms with van der Waals surface area (Å²) in [7, 11) is 0. The van der Waals surface area contributed by atoms with Crippen molar-refractivity contribution >= 4 is 55.2 Å². The molecule has 2 unspecified atom stereocenters. The number of ketones is 2. The molecule has 4 rings (SSSR count). The molecule has 2 heterocycles. The Hall–Kier alpha value is -2.17. The quantitative estimate of drug-likeness (QED) is 0.0622. The number of aromatic nitrogens is 3. The summed E-state index contributed by atoms with van der Waals surface area (Å²) in [6.45, 7) is 8.00. The molecule has 10 heteroatoms. The van der Waals surface area contributed by atoms with E-state index in [2.05, 4.69) is 46.8 Å². The molecular formula is C30H32Br2FN3O2SV. The summed E-state index contributed by atoms with van der Waals surface area (Å²) in [5.41, 5.74) is 2.50. The molecule has 1 radical (unpaired) electrons. The Labute approximate surface area is 269 Å². The average molecular weight is 728 g/mol. The van der Waals surface area contributed by atoms with Gasteiger partial charge in [-0.05, 0) is 30.0 Å². The number of carbonyl (C=O) groups excluding carboxylic acids is 2. The van der Waals surface area contributed by atoms with E-state index in [1.165, 1.54) is 24.0 Å².